The largest absolute Gasteiger partial charge is 0.491 e. The van der Waals surface area contributed by atoms with E-state index in [-0.39, 0.29) is 0 Å². The Bertz CT molecular complexity index is 284. The van der Waals surface area contributed by atoms with E-state index in [1.54, 1.807) is 18.2 Å². The van der Waals surface area contributed by atoms with Crippen molar-refractivity contribution in [3.8, 4) is 5.75 Å². The molecular weight excluding hydrogens is 164 g/mol. The van der Waals surface area contributed by atoms with Gasteiger partial charge in [-0.25, -0.2) is 0 Å². The molecule has 1 aromatic rings. The Labute approximate surface area is 78.7 Å². The first-order chi connectivity index (χ1) is 6.09. The number of nitrogen functional groups attached to an aromatic ring is 2. The lowest BCUT2D eigenvalue weighted by atomic mass is 10.2. The van der Waals surface area contributed by atoms with Gasteiger partial charge >= 0.3 is 0 Å². The van der Waals surface area contributed by atoms with Crippen molar-refractivity contribution < 1.29 is 4.74 Å². The van der Waals surface area contributed by atoms with Crippen molar-refractivity contribution in [2.45, 2.75) is 13.8 Å². The number of anilines is 2. The summed E-state index contributed by atoms with van der Waals surface area (Å²) in [6.07, 6.45) is 0. The van der Waals surface area contributed by atoms with Gasteiger partial charge in [-0.1, -0.05) is 13.8 Å². The molecule has 72 valence electrons. The van der Waals surface area contributed by atoms with E-state index in [4.69, 9.17) is 16.2 Å². The van der Waals surface area contributed by atoms with Crippen molar-refractivity contribution in [1.82, 2.24) is 0 Å². The Hall–Kier alpha value is -1.38. The molecule has 0 heterocycles. The summed E-state index contributed by atoms with van der Waals surface area (Å²) >= 11 is 0. The van der Waals surface area contributed by atoms with E-state index in [2.05, 4.69) is 13.8 Å². The molecule has 1 rings (SSSR count). The average Bonchev–Trinajstić information content (AvgIpc) is 2.02. The van der Waals surface area contributed by atoms with Crippen molar-refractivity contribution in [2.24, 2.45) is 5.92 Å². The highest BCUT2D eigenvalue weighted by Crippen LogP contribution is 2.23. The lowest BCUT2D eigenvalue weighted by Crippen LogP contribution is -2.06. The molecule has 1 aromatic carbocycles. The maximum Gasteiger partial charge on any atom is 0.142 e. The summed E-state index contributed by atoms with van der Waals surface area (Å²) < 4.78 is 5.47. The van der Waals surface area contributed by atoms with Gasteiger partial charge in [-0.15, -0.1) is 0 Å². The summed E-state index contributed by atoms with van der Waals surface area (Å²) in [5.74, 6) is 1.21. The molecule has 0 radical (unpaired) electrons. The van der Waals surface area contributed by atoms with Crippen molar-refractivity contribution in [3.05, 3.63) is 18.2 Å². The predicted octanol–water partition coefficient (Wildman–Crippen LogP) is 1.89. The highest BCUT2D eigenvalue weighted by atomic mass is 16.5. The molecule has 0 amide bonds. The number of benzene rings is 1. The van der Waals surface area contributed by atoms with E-state index in [0.717, 1.165) is 0 Å². The molecule has 0 saturated heterocycles. The van der Waals surface area contributed by atoms with Crippen molar-refractivity contribution in [2.75, 3.05) is 18.1 Å². The van der Waals surface area contributed by atoms with Crippen LogP contribution in [0.2, 0.25) is 0 Å². The molecule has 3 heteroatoms. The highest BCUT2D eigenvalue weighted by Gasteiger charge is 2.01. The van der Waals surface area contributed by atoms with Gasteiger partial charge in [0.15, 0.2) is 0 Å². The molecule has 0 aliphatic heterocycles. The van der Waals surface area contributed by atoms with Crippen molar-refractivity contribution in [1.29, 1.82) is 0 Å². The van der Waals surface area contributed by atoms with Gasteiger partial charge < -0.3 is 16.2 Å². The SMILES string of the molecule is CC(C)COc1ccc(N)cc1N. The molecule has 0 aliphatic rings. The van der Waals surface area contributed by atoms with Crippen LogP contribution in [0.4, 0.5) is 11.4 Å². The van der Waals surface area contributed by atoms with E-state index < -0.39 is 0 Å². The molecule has 0 aromatic heterocycles. The van der Waals surface area contributed by atoms with Crippen LogP contribution in [0.25, 0.3) is 0 Å². The van der Waals surface area contributed by atoms with Crippen LogP contribution in [0.1, 0.15) is 13.8 Å². The molecule has 3 nitrogen and oxygen atoms in total. The molecule has 0 unspecified atom stereocenters. The van der Waals surface area contributed by atoms with Crippen LogP contribution in [-0.2, 0) is 0 Å². The fourth-order valence-corrected chi connectivity index (χ4v) is 0.955. The molecule has 13 heavy (non-hydrogen) atoms. The first kappa shape index (κ1) is 9.71. The third-order valence-corrected chi connectivity index (χ3v) is 1.61. The predicted molar refractivity (Wildman–Crippen MR) is 55.6 cm³/mol. The van der Waals surface area contributed by atoms with Crippen LogP contribution in [0, 0.1) is 5.92 Å². The Morgan fingerprint density at radius 1 is 1.31 bits per heavy atom. The summed E-state index contributed by atoms with van der Waals surface area (Å²) in [4.78, 5) is 0. The van der Waals surface area contributed by atoms with Gasteiger partial charge in [0, 0.05) is 5.69 Å². The molecule has 0 spiro atoms. The zero-order valence-corrected chi connectivity index (χ0v) is 8.08. The Kier molecular flexibility index (Phi) is 3.01. The van der Waals surface area contributed by atoms with E-state index in [9.17, 15) is 0 Å². The zero-order valence-electron chi connectivity index (χ0n) is 8.08. The van der Waals surface area contributed by atoms with E-state index in [0.29, 0.717) is 29.6 Å². The topological polar surface area (TPSA) is 61.3 Å². The van der Waals surface area contributed by atoms with Gasteiger partial charge in [0.05, 0.1) is 12.3 Å². The van der Waals surface area contributed by atoms with Gasteiger partial charge in [0.2, 0.25) is 0 Å². The fraction of sp³-hybridized carbons (Fsp3) is 0.400. The molecular formula is C10H16N2O. The lowest BCUT2D eigenvalue weighted by molar-refractivity contribution is 0.272. The summed E-state index contributed by atoms with van der Waals surface area (Å²) in [7, 11) is 0. The van der Waals surface area contributed by atoms with Gasteiger partial charge in [0.1, 0.15) is 5.75 Å². The summed E-state index contributed by atoms with van der Waals surface area (Å²) in [6, 6.07) is 5.29. The summed E-state index contributed by atoms with van der Waals surface area (Å²) in [6.45, 7) is 4.86. The Morgan fingerprint density at radius 3 is 2.54 bits per heavy atom. The molecule has 0 fully saturated rings. The quantitative estimate of drug-likeness (QED) is 0.698. The summed E-state index contributed by atoms with van der Waals surface area (Å²) in [5.41, 5.74) is 12.5. The molecule has 0 atom stereocenters. The second kappa shape index (κ2) is 4.03. The number of hydrogen-bond donors (Lipinski definition) is 2. The second-order valence-corrected chi connectivity index (χ2v) is 3.50. The first-order valence-corrected chi connectivity index (χ1v) is 4.37. The minimum absolute atomic E-state index is 0.497. The minimum atomic E-state index is 0.497. The Balaban J connectivity index is 2.67. The maximum atomic E-state index is 5.70. The molecule has 4 N–H and O–H groups in total. The van der Waals surface area contributed by atoms with Gasteiger partial charge in [-0.05, 0) is 24.1 Å². The van der Waals surface area contributed by atoms with Gasteiger partial charge in [-0.3, -0.25) is 0 Å². The minimum Gasteiger partial charge on any atom is -0.491 e. The normalized spacial score (nSPS) is 10.4. The highest BCUT2D eigenvalue weighted by molar-refractivity contribution is 5.60. The van der Waals surface area contributed by atoms with Crippen LogP contribution in [0.15, 0.2) is 18.2 Å². The van der Waals surface area contributed by atoms with Crippen LogP contribution >= 0.6 is 0 Å². The fourth-order valence-electron chi connectivity index (χ4n) is 0.955. The van der Waals surface area contributed by atoms with Gasteiger partial charge in [-0.2, -0.15) is 0 Å². The van der Waals surface area contributed by atoms with E-state index in [1.165, 1.54) is 0 Å². The standard InChI is InChI=1S/C10H16N2O/c1-7(2)6-13-10-4-3-8(11)5-9(10)12/h3-5,7H,6,11-12H2,1-2H3. The molecule has 0 aliphatic carbocycles. The number of nitrogens with two attached hydrogens (primary N) is 2. The summed E-state index contributed by atoms with van der Waals surface area (Å²) in [5, 5.41) is 0. The van der Waals surface area contributed by atoms with Gasteiger partial charge in [0.25, 0.3) is 0 Å². The number of rotatable bonds is 3. The van der Waals surface area contributed by atoms with Crippen LogP contribution < -0.4 is 16.2 Å². The number of hydrogen-bond acceptors (Lipinski definition) is 3. The van der Waals surface area contributed by atoms with Crippen LogP contribution in [0.5, 0.6) is 5.75 Å². The van der Waals surface area contributed by atoms with E-state index >= 15 is 0 Å². The van der Waals surface area contributed by atoms with Crippen molar-refractivity contribution >= 4 is 11.4 Å². The van der Waals surface area contributed by atoms with E-state index in [1.807, 2.05) is 0 Å². The lowest BCUT2D eigenvalue weighted by Gasteiger charge is -2.10. The monoisotopic (exact) mass is 180 g/mol. The Morgan fingerprint density at radius 2 is 2.00 bits per heavy atom. The zero-order chi connectivity index (χ0) is 9.84. The number of ether oxygens (including phenoxy) is 1. The molecule has 0 bridgehead atoms. The van der Waals surface area contributed by atoms with Crippen LogP contribution in [-0.4, -0.2) is 6.61 Å². The van der Waals surface area contributed by atoms with Crippen molar-refractivity contribution in [3.63, 3.8) is 0 Å². The maximum absolute atomic E-state index is 5.70. The smallest absolute Gasteiger partial charge is 0.142 e. The second-order valence-electron chi connectivity index (χ2n) is 3.50. The first-order valence-electron chi connectivity index (χ1n) is 4.37. The average molecular weight is 180 g/mol. The third kappa shape index (κ3) is 2.86. The molecule has 0 saturated carbocycles. The van der Waals surface area contributed by atoms with Crippen LogP contribution in [0.3, 0.4) is 0 Å². The third-order valence-electron chi connectivity index (χ3n) is 1.61.